The summed E-state index contributed by atoms with van der Waals surface area (Å²) in [7, 11) is 0. The zero-order valence-electron chi connectivity index (χ0n) is 20.8. The maximum absolute atomic E-state index is 14.9. The molecule has 4 aliphatic heterocycles. The number of piperidine rings is 1. The molecule has 38 heavy (non-hydrogen) atoms. The molecule has 5 heterocycles. The first-order valence-electron chi connectivity index (χ1n) is 12.7. The number of aromatic nitrogens is 2. The summed E-state index contributed by atoms with van der Waals surface area (Å²) in [6.07, 6.45) is 4.49. The number of fused-ring (bicyclic) bond motifs is 2. The van der Waals surface area contributed by atoms with Gasteiger partial charge in [-0.3, -0.25) is 9.80 Å². The molecule has 0 amide bonds. The highest BCUT2D eigenvalue weighted by atomic mass is 35.5. The maximum Gasteiger partial charge on any atom is 0.278 e. The van der Waals surface area contributed by atoms with Gasteiger partial charge in [0.2, 0.25) is 0 Å². The van der Waals surface area contributed by atoms with Gasteiger partial charge in [-0.1, -0.05) is 23.7 Å². The van der Waals surface area contributed by atoms with E-state index in [-0.39, 0.29) is 25.3 Å². The maximum atomic E-state index is 14.9. The molecule has 2 unspecified atom stereocenters. The third kappa shape index (κ3) is 4.78. The number of likely N-dealkylation sites (tertiary alicyclic amines) is 2. The SMILES string of the molecule is Cc1nn(-c2c(F)cccc2CN2CC(F)(F)C2)cc1CN1CCC2(CC1)OCC(F)(F)C1C=C(Cl)SC12. The van der Waals surface area contributed by atoms with Gasteiger partial charge in [0, 0.05) is 37.9 Å². The molecule has 1 aromatic heterocycles. The summed E-state index contributed by atoms with van der Waals surface area (Å²) in [5.74, 6) is -7.01. The number of benzene rings is 1. The number of thioether (sulfide) groups is 1. The Morgan fingerprint density at radius 2 is 1.79 bits per heavy atom. The van der Waals surface area contributed by atoms with Gasteiger partial charge in [0.05, 0.1) is 39.9 Å². The van der Waals surface area contributed by atoms with E-state index in [1.54, 1.807) is 23.2 Å². The number of rotatable bonds is 5. The number of alkyl halides is 4. The lowest BCUT2D eigenvalue weighted by Gasteiger charge is -2.51. The van der Waals surface area contributed by atoms with Crippen LogP contribution >= 0.6 is 23.4 Å². The molecule has 2 aromatic rings. The van der Waals surface area contributed by atoms with Crippen molar-refractivity contribution in [2.24, 2.45) is 5.92 Å². The minimum atomic E-state index is -2.93. The Kier molecular flexibility index (Phi) is 6.62. The molecule has 0 radical (unpaired) electrons. The normalized spacial score (nSPS) is 28.2. The van der Waals surface area contributed by atoms with E-state index in [0.29, 0.717) is 42.4 Å². The Balaban J connectivity index is 1.14. The van der Waals surface area contributed by atoms with E-state index >= 15 is 0 Å². The highest BCUT2D eigenvalue weighted by molar-refractivity contribution is 8.05. The zero-order chi connectivity index (χ0) is 26.9. The van der Waals surface area contributed by atoms with Crippen LogP contribution < -0.4 is 0 Å². The number of hydrogen-bond acceptors (Lipinski definition) is 5. The highest BCUT2D eigenvalue weighted by Gasteiger charge is 2.60. The molecule has 0 N–H and O–H groups in total. The van der Waals surface area contributed by atoms with Crippen LogP contribution in [-0.2, 0) is 17.8 Å². The van der Waals surface area contributed by atoms with Crippen LogP contribution in [0.4, 0.5) is 22.0 Å². The largest absolute Gasteiger partial charge is 0.367 e. The first kappa shape index (κ1) is 26.6. The van der Waals surface area contributed by atoms with E-state index in [9.17, 15) is 22.0 Å². The molecule has 1 spiro atoms. The molecule has 4 aliphatic rings. The molecule has 3 saturated heterocycles. The summed E-state index contributed by atoms with van der Waals surface area (Å²) in [6.45, 7) is 2.68. The predicted octanol–water partition coefficient (Wildman–Crippen LogP) is 5.58. The lowest BCUT2D eigenvalue weighted by molar-refractivity contribution is -0.215. The van der Waals surface area contributed by atoms with Gasteiger partial charge in [0.25, 0.3) is 11.8 Å². The molecule has 1 aromatic carbocycles. The Morgan fingerprint density at radius 3 is 2.50 bits per heavy atom. The van der Waals surface area contributed by atoms with Gasteiger partial charge in [0.1, 0.15) is 18.1 Å². The van der Waals surface area contributed by atoms with Crippen LogP contribution in [0.2, 0.25) is 0 Å². The van der Waals surface area contributed by atoms with Crippen molar-refractivity contribution in [1.29, 1.82) is 0 Å². The lowest BCUT2D eigenvalue weighted by atomic mass is 9.77. The number of hydrogen-bond donors (Lipinski definition) is 0. The number of ether oxygens (including phenoxy) is 1. The van der Waals surface area contributed by atoms with Gasteiger partial charge < -0.3 is 4.74 Å². The van der Waals surface area contributed by atoms with Crippen LogP contribution in [0.5, 0.6) is 0 Å². The molecule has 0 saturated carbocycles. The van der Waals surface area contributed by atoms with Gasteiger partial charge in [-0.25, -0.2) is 26.6 Å². The Labute approximate surface area is 226 Å². The van der Waals surface area contributed by atoms with Crippen molar-refractivity contribution < 1.29 is 26.7 Å². The fourth-order valence-corrected chi connectivity index (χ4v) is 7.92. The first-order valence-corrected chi connectivity index (χ1v) is 13.9. The molecule has 6 rings (SSSR count). The topological polar surface area (TPSA) is 33.5 Å². The summed E-state index contributed by atoms with van der Waals surface area (Å²) in [5.41, 5.74) is 1.87. The highest BCUT2D eigenvalue weighted by Crippen LogP contribution is 2.56. The molecular weight excluding hydrogens is 547 g/mol. The minimum Gasteiger partial charge on any atom is -0.367 e. The van der Waals surface area contributed by atoms with Gasteiger partial charge in [-0.05, 0) is 37.5 Å². The van der Waals surface area contributed by atoms with Crippen LogP contribution in [0, 0.1) is 18.7 Å². The van der Waals surface area contributed by atoms with Crippen LogP contribution in [0.15, 0.2) is 34.8 Å². The van der Waals surface area contributed by atoms with Crippen LogP contribution in [0.25, 0.3) is 5.69 Å². The van der Waals surface area contributed by atoms with Gasteiger partial charge >= 0.3 is 0 Å². The van der Waals surface area contributed by atoms with Crippen molar-refractivity contribution in [3.63, 3.8) is 0 Å². The van der Waals surface area contributed by atoms with Gasteiger partial charge in [0.15, 0.2) is 0 Å². The average Bonchev–Trinajstić information content (AvgIpc) is 3.41. The summed E-state index contributed by atoms with van der Waals surface area (Å²) in [4.78, 5) is 3.81. The third-order valence-electron chi connectivity index (χ3n) is 8.13. The quantitative estimate of drug-likeness (QED) is 0.435. The summed E-state index contributed by atoms with van der Waals surface area (Å²) >= 11 is 7.44. The number of para-hydroxylation sites is 1. The van der Waals surface area contributed by atoms with Crippen molar-refractivity contribution in [1.82, 2.24) is 19.6 Å². The second kappa shape index (κ2) is 9.47. The molecule has 0 aliphatic carbocycles. The standard InChI is InChI=1S/C26H28ClF5N4OS/c1-16-18(12-36(33-16)22-17(3-2-4-20(22)28)10-35-13-25(29,30)14-35)11-34-7-5-24(6-8-34)23-19(9-21(27)38-23)26(31,32)15-37-24/h2-4,9,12,19,23H,5-8,10-11,13-15H2,1H3. The number of aryl methyl sites for hydroxylation is 1. The molecule has 206 valence electrons. The van der Waals surface area contributed by atoms with Crippen LogP contribution in [-0.4, -0.2) is 75.1 Å². The average molecular weight is 575 g/mol. The molecule has 2 atom stereocenters. The minimum absolute atomic E-state index is 0.212. The second-order valence-electron chi connectivity index (χ2n) is 10.9. The predicted molar refractivity (Wildman–Crippen MR) is 135 cm³/mol. The smallest absolute Gasteiger partial charge is 0.278 e. The van der Waals surface area contributed by atoms with Crippen molar-refractivity contribution in [3.05, 3.63) is 57.5 Å². The van der Waals surface area contributed by atoms with E-state index in [1.165, 1.54) is 28.6 Å². The van der Waals surface area contributed by atoms with E-state index in [2.05, 4.69) is 10.00 Å². The van der Waals surface area contributed by atoms with Crippen molar-refractivity contribution in [2.45, 2.75) is 55.6 Å². The van der Waals surface area contributed by atoms with Crippen molar-refractivity contribution in [2.75, 3.05) is 32.8 Å². The summed E-state index contributed by atoms with van der Waals surface area (Å²) in [6, 6.07) is 4.65. The summed E-state index contributed by atoms with van der Waals surface area (Å²) < 4.78 is 78.3. The summed E-state index contributed by atoms with van der Waals surface area (Å²) in [5, 5.41) is 4.14. The van der Waals surface area contributed by atoms with Crippen LogP contribution in [0.3, 0.4) is 0 Å². The third-order valence-corrected chi connectivity index (χ3v) is 9.87. The Hall–Kier alpha value is -1.66. The fourth-order valence-electron chi connectivity index (χ4n) is 6.09. The van der Waals surface area contributed by atoms with Crippen molar-refractivity contribution >= 4 is 23.4 Å². The van der Waals surface area contributed by atoms with Gasteiger partial charge in [-0.15, -0.1) is 11.8 Å². The van der Waals surface area contributed by atoms with Crippen LogP contribution in [0.1, 0.15) is 29.7 Å². The fraction of sp³-hybridized carbons (Fsp3) is 0.577. The Bertz CT molecular complexity index is 1250. The second-order valence-corrected chi connectivity index (χ2v) is 12.7. The Morgan fingerprint density at radius 1 is 1.08 bits per heavy atom. The number of halogens is 6. The van der Waals surface area contributed by atoms with E-state index < -0.39 is 41.0 Å². The number of nitrogens with zero attached hydrogens (tertiary/aromatic N) is 4. The number of allylic oxidation sites excluding steroid dienone is 1. The van der Waals surface area contributed by atoms with E-state index in [1.807, 2.05) is 6.92 Å². The van der Waals surface area contributed by atoms with Gasteiger partial charge in [-0.2, -0.15) is 5.10 Å². The molecule has 5 nitrogen and oxygen atoms in total. The molecule has 12 heteroatoms. The van der Waals surface area contributed by atoms with Crippen molar-refractivity contribution in [3.8, 4) is 5.69 Å². The molecular formula is C26H28ClF5N4OS. The van der Waals surface area contributed by atoms with E-state index in [4.69, 9.17) is 16.3 Å². The van der Waals surface area contributed by atoms with E-state index in [0.717, 1.165) is 11.3 Å². The molecule has 0 bridgehead atoms. The monoisotopic (exact) mass is 574 g/mol. The zero-order valence-corrected chi connectivity index (χ0v) is 22.4. The molecule has 3 fully saturated rings. The first-order chi connectivity index (χ1) is 17.9. The lowest BCUT2D eigenvalue weighted by Crippen LogP contribution is -2.61.